The van der Waals surface area contributed by atoms with Gasteiger partial charge >= 0.3 is 6.09 Å². The topological polar surface area (TPSA) is 50.4 Å². The summed E-state index contributed by atoms with van der Waals surface area (Å²) in [6.45, 7) is 6.81. The van der Waals surface area contributed by atoms with Crippen LogP contribution in [0.5, 0.6) is 0 Å². The summed E-state index contributed by atoms with van der Waals surface area (Å²) in [6.07, 6.45) is 0.412. The van der Waals surface area contributed by atoms with Gasteiger partial charge in [-0.25, -0.2) is 4.79 Å². The molecule has 5 heteroatoms. The summed E-state index contributed by atoms with van der Waals surface area (Å²) in [6, 6.07) is 7.57. The predicted molar refractivity (Wildman–Crippen MR) is 78.8 cm³/mol. The quantitative estimate of drug-likeness (QED) is 0.811. The molecular weight excluding hydrogens is 264 g/mol. The van der Waals surface area contributed by atoms with Gasteiger partial charge < -0.3 is 15.4 Å². The molecule has 0 heterocycles. The third-order valence-electron chi connectivity index (χ3n) is 2.21. The number of hydrogen-bond donors (Lipinski definition) is 2. The van der Waals surface area contributed by atoms with Crippen molar-refractivity contribution in [2.45, 2.75) is 32.8 Å². The molecule has 0 aliphatic heterocycles. The molecule has 19 heavy (non-hydrogen) atoms. The fourth-order valence-electron chi connectivity index (χ4n) is 1.42. The van der Waals surface area contributed by atoms with Gasteiger partial charge in [0.05, 0.1) is 10.7 Å². The van der Waals surface area contributed by atoms with Crippen molar-refractivity contribution >= 4 is 23.4 Å². The van der Waals surface area contributed by atoms with E-state index in [1.54, 1.807) is 0 Å². The van der Waals surface area contributed by atoms with Gasteiger partial charge in [0.25, 0.3) is 0 Å². The van der Waals surface area contributed by atoms with E-state index in [9.17, 15) is 4.79 Å². The minimum absolute atomic E-state index is 0.384. The molecule has 0 aliphatic rings. The van der Waals surface area contributed by atoms with E-state index in [2.05, 4.69) is 10.6 Å². The van der Waals surface area contributed by atoms with Crippen LogP contribution in [0.4, 0.5) is 10.5 Å². The number of halogens is 1. The van der Waals surface area contributed by atoms with Gasteiger partial charge in [0, 0.05) is 13.1 Å². The van der Waals surface area contributed by atoms with Crippen LogP contribution in [0.3, 0.4) is 0 Å². The third-order valence-corrected chi connectivity index (χ3v) is 2.54. The second kappa shape index (κ2) is 7.24. The van der Waals surface area contributed by atoms with Gasteiger partial charge in [0.1, 0.15) is 5.60 Å². The standard InChI is InChI=1S/C14H21ClN2O2/c1-14(2,3)19-13(18)17-10-6-9-16-12-8-5-4-7-11(12)15/h4-5,7-8,16H,6,9-10H2,1-3H3,(H,17,18). The summed E-state index contributed by atoms with van der Waals surface area (Å²) in [5.74, 6) is 0. The number of hydrogen-bond acceptors (Lipinski definition) is 3. The number of carbonyl (C=O) groups is 1. The zero-order valence-electron chi connectivity index (χ0n) is 11.6. The van der Waals surface area contributed by atoms with Crippen LogP contribution in [0.25, 0.3) is 0 Å². The Hall–Kier alpha value is -1.42. The second-order valence-electron chi connectivity index (χ2n) is 5.19. The van der Waals surface area contributed by atoms with Gasteiger partial charge in [-0.15, -0.1) is 0 Å². The number of benzene rings is 1. The summed E-state index contributed by atoms with van der Waals surface area (Å²) in [4.78, 5) is 11.4. The molecular formula is C14H21ClN2O2. The Morgan fingerprint density at radius 1 is 1.26 bits per heavy atom. The second-order valence-corrected chi connectivity index (χ2v) is 5.60. The normalized spacial score (nSPS) is 10.9. The lowest BCUT2D eigenvalue weighted by Gasteiger charge is -2.19. The highest BCUT2D eigenvalue weighted by molar-refractivity contribution is 6.33. The summed E-state index contributed by atoms with van der Waals surface area (Å²) in [7, 11) is 0. The molecule has 2 N–H and O–H groups in total. The maximum atomic E-state index is 11.4. The van der Waals surface area contributed by atoms with Crippen molar-refractivity contribution in [3.05, 3.63) is 29.3 Å². The average Bonchev–Trinajstić information content (AvgIpc) is 2.28. The molecule has 1 aromatic carbocycles. The van der Waals surface area contributed by atoms with Crippen molar-refractivity contribution < 1.29 is 9.53 Å². The van der Waals surface area contributed by atoms with E-state index in [1.807, 2.05) is 45.0 Å². The maximum Gasteiger partial charge on any atom is 0.407 e. The molecule has 0 saturated heterocycles. The predicted octanol–water partition coefficient (Wildman–Crippen LogP) is 3.67. The molecule has 0 aliphatic carbocycles. The number of para-hydroxylation sites is 1. The van der Waals surface area contributed by atoms with Crippen molar-refractivity contribution in [1.82, 2.24) is 5.32 Å². The van der Waals surface area contributed by atoms with Crippen LogP contribution in [-0.4, -0.2) is 24.8 Å². The highest BCUT2D eigenvalue weighted by Gasteiger charge is 2.15. The van der Waals surface area contributed by atoms with E-state index >= 15 is 0 Å². The molecule has 1 amide bonds. The first-order chi connectivity index (χ1) is 8.88. The van der Waals surface area contributed by atoms with Crippen LogP contribution in [0, 0.1) is 0 Å². The highest BCUT2D eigenvalue weighted by atomic mass is 35.5. The van der Waals surface area contributed by atoms with Crippen molar-refractivity contribution in [1.29, 1.82) is 0 Å². The number of alkyl carbamates (subject to hydrolysis) is 1. The number of nitrogens with one attached hydrogen (secondary N) is 2. The van der Waals surface area contributed by atoms with Crippen LogP contribution >= 0.6 is 11.6 Å². The van der Waals surface area contributed by atoms with Crippen LogP contribution in [0.15, 0.2) is 24.3 Å². The lowest BCUT2D eigenvalue weighted by atomic mass is 10.2. The number of amides is 1. The summed E-state index contributed by atoms with van der Waals surface area (Å²) >= 11 is 6.01. The first-order valence-electron chi connectivity index (χ1n) is 6.34. The molecule has 4 nitrogen and oxygen atoms in total. The van der Waals surface area contributed by atoms with Crippen LogP contribution < -0.4 is 10.6 Å². The van der Waals surface area contributed by atoms with Gasteiger partial charge in [-0.2, -0.15) is 0 Å². The van der Waals surface area contributed by atoms with E-state index in [-0.39, 0.29) is 6.09 Å². The Morgan fingerprint density at radius 2 is 1.95 bits per heavy atom. The molecule has 0 unspecified atom stereocenters. The molecule has 0 fully saturated rings. The van der Waals surface area contributed by atoms with Gasteiger partial charge in [-0.05, 0) is 39.3 Å². The molecule has 1 rings (SSSR count). The maximum absolute atomic E-state index is 11.4. The fraction of sp³-hybridized carbons (Fsp3) is 0.500. The van der Waals surface area contributed by atoms with E-state index < -0.39 is 5.60 Å². The molecule has 0 spiro atoms. The Balaban J connectivity index is 2.15. The number of rotatable bonds is 5. The lowest BCUT2D eigenvalue weighted by Crippen LogP contribution is -2.33. The van der Waals surface area contributed by atoms with Crippen molar-refractivity contribution in [2.75, 3.05) is 18.4 Å². The Labute approximate surface area is 119 Å². The minimum atomic E-state index is -0.458. The Bertz CT molecular complexity index is 416. The Kier molecular flexibility index (Phi) is 5.96. The number of anilines is 1. The van der Waals surface area contributed by atoms with E-state index in [1.165, 1.54) is 0 Å². The monoisotopic (exact) mass is 284 g/mol. The third kappa shape index (κ3) is 6.91. The van der Waals surface area contributed by atoms with Gasteiger partial charge in [0.2, 0.25) is 0 Å². The van der Waals surface area contributed by atoms with E-state index in [0.717, 1.165) is 18.7 Å². The largest absolute Gasteiger partial charge is 0.444 e. The molecule has 106 valence electrons. The van der Waals surface area contributed by atoms with Crippen molar-refractivity contribution in [3.8, 4) is 0 Å². The molecule has 0 aromatic heterocycles. The summed E-state index contributed by atoms with van der Waals surface area (Å²) in [5.41, 5.74) is 0.446. The molecule has 0 saturated carbocycles. The summed E-state index contributed by atoms with van der Waals surface area (Å²) in [5, 5.41) is 6.61. The minimum Gasteiger partial charge on any atom is -0.444 e. The average molecular weight is 285 g/mol. The van der Waals surface area contributed by atoms with Gasteiger partial charge in [0.15, 0.2) is 0 Å². The van der Waals surface area contributed by atoms with Crippen LogP contribution in [-0.2, 0) is 4.74 Å². The van der Waals surface area contributed by atoms with Gasteiger partial charge in [-0.1, -0.05) is 23.7 Å². The number of ether oxygens (including phenoxy) is 1. The molecule has 0 bridgehead atoms. The fourth-order valence-corrected chi connectivity index (χ4v) is 1.62. The smallest absolute Gasteiger partial charge is 0.407 e. The highest BCUT2D eigenvalue weighted by Crippen LogP contribution is 2.19. The van der Waals surface area contributed by atoms with Crippen LogP contribution in [0.2, 0.25) is 5.02 Å². The van der Waals surface area contributed by atoms with Crippen LogP contribution in [0.1, 0.15) is 27.2 Å². The molecule has 0 atom stereocenters. The Morgan fingerprint density at radius 3 is 2.58 bits per heavy atom. The van der Waals surface area contributed by atoms with Crippen molar-refractivity contribution in [3.63, 3.8) is 0 Å². The zero-order valence-corrected chi connectivity index (χ0v) is 12.4. The molecule has 0 radical (unpaired) electrons. The van der Waals surface area contributed by atoms with Crippen molar-refractivity contribution in [2.24, 2.45) is 0 Å². The van der Waals surface area contributed by atoms with E-state index in [4.69, 9.17) is 16.3 Å². The molecule has 1 aromatic rings. The van der Waals surface area contributed by atoms with E-state index in [0.29, 0.717) is 11.6 Å². The lowest BCUT2D eigenvalue weighted by molar-refractivity contribution is 0.0528. The SMILES string of the molecule is CC(C)(C)OC(=O)NCCCNc1ccccc1Cl. The first-order valence-corrected chi connectivity index (χ1v) is 6.71. The first kappa shape index (κ1) is 15.6. The van der Waals surface area contributed by atoms with Gasteiger partial charge in [-0.3, -0.25) is 0 Å². The zero-order chi connectivity index (χ0) is 14.3. The summed E-state index contributed by atoms with van der Waals surface area (Å²) < 4.78 is 5.13. The number of carbonyl (C=O) groups excluding carboxylic acids is 1.